The van der Waals surface area contributed by atoms with Gasteiger partial charge in [0.2, 0.25) is 0 Å². The zero-order valence-electron chi connectivity index (χ0n) is 16.3. The van der Waals surface area contributed by atoms with Crippen molar-refractivity contribution in [3.63, 3.8) is 0 Å². The van der Waals surface area contributed by atoms with Crippen molar-refractivity contribution < 1.29 is 14.4 Å². The van der Waals surface area contributed by atoms with Gasteiger partial charge in [0.05, 0.1) is 16.7 Å². The van der Waals surface area contributed by atoms with Crippen molar-refractivity contribution in [3.8, 4) is 0 Å². The fourth-order valence-corrected chi connectivity index (χ4v) is 8.19. The number of amides is 2. The first kappa shape index (κ1) is 16.9. The number of imide groups is 1. The van der Waals surface area contributed by atoms with Crippen LogP contribution in [-0.2, 0) is 4.79 Å². The molecule has 2 amide bonds. The first-order valence-electron chi connectivity index (χ1n) is 11.0. The maximum absolute atomic E-state index is 13.3. The van der Waals surface area contributed by atoms with Crippen molar-refractivity contribution in [2.75, 3.05) is 0 Å². The third kappa shape index (κ3) is 2.15. The van der Waals surface area contributed by atoms with Crippen molar-refractivity contribution in [1.82, 2.24) is 4.90 Å². The summed E-state index contributed by atoms with van der Waals surface area (Å²) in [7, 11) is 0. The first-order valence-corrected chi connectivity index (χ1v) is 11.0. The Morgan fingerprint density at radius 2 is 1.54 bits per heavy atom. The van der Waals surface area contributed by atoms with Gasteiger partial charge >= 0.3 is 0 Å². The van der Waals surface area contributed by atoms with Gasteiger partial charge in [0.25, 0.3) is 11.8 Å². The monoisotopic (exact) mass is 377 g/mol. The van der Waals surface area contributed by atoms with Gasteiger partial charge in [-0.05, 0) is 86.7 Å². The molecule has 1 aromatic rings. The maximum atomic E-state index is 13.3. The summed E-state index contributed by atoms with van der Waals surface area (Å²) >= 11 is 0. The predicted octanol–water partition coefficient (Wildman–Crippen LogP) is 4.38. The summed E-state index contributed by atoms with van der Waals surface area (Å²) in [5.74, 6) is 1.90. The highest BCUT2D eigenvalue weighted by molar-refractivity contribution is 6.21. The summed E-state index contributed by atoms with van der Waals surface area (Å²) in [5, 5.41) is 0. The van der Waals surface area contributed by atoms with E-state index in [0.717, 1.165) is 44.9 Å². The SMILES string of the molecule is O=C1CCCC(C23CC4CC(C2)CC(N2C(=O)c5ccccc5C2=O)(C4)C3)C1. The highest BCUT2D eigenvalue weighted by atomic mass is 16.2. The molecule has 5 aliphatic carbocycles. The molecule has 1 aliphatic heterocycles. The van der Waals surface area contributed by atoms with Crippen LogP contribution in [0.1, 0.15) is 84.9 Å². The molecule has 146 valence electrons. The number of rotatable bonds is 2. The molecule has 3 atom stereocenters. The fraction of sp³-hybridized carbons (Fsp3) is 0.625. The number of benzene rings is 1. The first-order chi connectivity index (χ1) is 13.5. The Hall–Kier alpha value is -1.97. The van der Waals surface area contributed by atoms with Gasteiger partial charge in [0, 0.05) is 12.8 Å². The zero-order chi connectivity index (χ0) is 19.1. The Bertz CT molecular complexity index is 854. The molecule has 1 heterocycles. The van der Waals surface area contributed by atoms with E-state index in [1.54, 1.807) is 17.0 Å². The molecule has 28 heavy (non-hydrogen) atoms. The average Bonchev–Trinajstić information content (AvgIpc) is 2.92. The standard InChI is InChI=1S/C24H27NO3/c26-18-5-3-4-17(9-18)23-10-15-8-16(11-23)13-24(12-15,14-23)25-21(27)19-6-1-2-7-20(19)22(25)28/h1-2,6-7,15-17H,3-5,8-14H2. The normalized spacial score (nSPS) is 41.6. The molecule has 0 saturated heterocycles. The molecule has 4 nitrogen and oxygen atoms in total. The predicted molar refractivity (Wildman–Crippen MR) is 104 cm³/mol. The quantitative estimate of drug-likeness (QED) is 0.719. The summed E-state index contributed by atoms with van der Waals surface area (Å²) in [6, 6.07) is 7.29. The van der Waals surface area contributed by atoms with E-state index in [0.29, 0.717) is 34.7 Å². The number of ketones is 1. The van der Waals surface area contributed by atoms with Crippen LogP contribution in [0.2, 0.25) is 0 Å². The number of hydrogen-bond donors (Lipinski definition) is 0. The minimum Gasteiger partial charge on any atom is -0.300 e. The van der Waals surface area contributed by atoms with Gasteiger partial charge < -0.3 is 0 Å². The number of nitrogens with zero attached hydrogens (tertiary/aromatic N) is 1. The van der Waals surface area contributed by atoms with Crippen LogP contribution in [0.5, 0.6) is 0 Å². The molecular weight excluding hydrogens is 350 g/mol. The molecule has 0 aromatic heterocycles. The van der Waals surface area contributed by atoms with E-state index in [1.165, 1.54) is 19.3 Å². The minimum atomic E-state index is -0.322. The number of carbonyl (C=O) groups is 3. The average molecular weight is 377 g/mol. The Kier molecular flexibility index (Phi) is 3.36. The third-order valence-electron chi connectivity index (χ3n) is 8.69. The van der Waals surface area contributed by atoms with Gasteiger partial charge in [-0.1, -0.05) is 12.1 Å². The Morgan fingerprint density at radius 3 is 2.14 bits per heavy atom. The molecule has 0 N–H and O–H groups in total. The van der Waals surface area contributed by atoms with E-state index in [-0.39, 0.29) is 22.8 Å². The van der Waals surface area contributed by atoms with E-state index in [4.69, 9.17) is 0 Å². The lowest BCUT2D eigenvalue weighted by atomic mass is 9.42. The lowest BCUT2D eigenvalue weighted by Gasteiger charge is -2.66. The number of fused-ring (bicyclic) bond motifs is 1. The molecule has 7 rings (SSSR count). The molecule has 6 aliphatic rings. The van der Waals surface area contributed by atoms with Gasteiger partial charge in [-0.2, -0.15) is 0 Å². The molecular formula is C24H27NO3. The molecule has 4 bridgehead atoms. The summed E-state index contributed by atoms with van der Waals surface area (Å²) in [6.07, 6.45) is 10.1. The van der Waals surface area contributed by atoms with Crippen LogP contribution in [0.4, 0.5) is 0 Å². The second-order valence-corrected chi connectivity index (χ2v) is 10.4. The summed E-state index contributed by atoms with van der Waals surface area (Å²) in [4.78, 5) is 40.5. The van der Waals surface area contributed by atoms with Gasteiger partial charge in [0.1, 0.15) is 5.78 Å². The van der Waals surface area contributed by atoms with E-state index in [9.17, 15) is 14.4 Å². The second kappa shape index (κ2) is 5.55. The topological polar surface area (TPSA) is 54.5 Å². The van der Waals surface area contributed by atoms with Crippen molar-refractivity contribution in [1.29, 1.82) is 0 Å². The van der Waals surface area contributed by atoms with E-state index in [2.05, 4.69) is 0 Å². The highest BCUT2D eigenvalue weighted by Gasteiger charge is 2.64. The van der Waals surface area contributed by atoms with Crippen molar-refractivity contribution in [2.45, 2.75) is 69.7 Å². The van der Waals surface area contributed by atoms with Crippen LogP contribution in [0, 0.1) is 23.2 Å². The molecule has 0 radical (unpaired) electrons. The van der Waals surface area contributed by atoms with Gasteiger partial charge in [0.15, 0.2) is 0 Å². The molecule has 3 unspecified atom stereocenters. The molecule has 4 heteroatoms. The van der Waals surface area contributed by atoms with Crippen LogP contribution in [-0.4, -0.2) is 28.0 Å². The van der Waals surface area contributed by atoms with Gasteiger partial charge in [-0.15, -0.1) is 0 Å². The highest BCUT2D eigenvalue weighted by Crippen LogP contribution is 2.67. The maximum Gasteiger partial charge on any atom is 0.262 e. The number of hydrogen-bond acceptors (Lipinski definition) is 3. The molecule has 0 spiro atoms. The summed E-state index contributed by atoms with van der Waals surface area (Å²) in [5.41, 5.74) is 0.989. The second-order valence-electron chi connectivity index (χ2n) is 10.4. The lowest BCUT2D eigenvalue weighted by Crippen LogP contribution is -2.65. The number of Topliss-reactive ketones (excluding diaryl/α,β-unsaturated/α-hetero) is 1. The van der Waals surface area contributed by atoms with Crippen molar-refractivity contribution in [2.24, 2.45) is 23.2 Å². The van der Waals surface area contributed by atoms with Crippen LogP contribution in [0.15, 0.2) is 24.3 Å². The largest absolute Gasteiger partial charge is 0.300 e. The lowest BCUT2D eigenvalue weighted by molar-refractivity contribution is -0.147. The Labute approximate surface area is 165 Å². The summed E-state index contributed by atoms with van der Waals surface area (Å²) in [6.45, 7) is 0. The van der Waals surface area contributed by atoms with Gasteiger partial charge in [-0.3, -0.25) is 19.3 Å². The molecule has 1 aromatic carbocycles. The Balaban J connectivity index is 1.40. The minimum absolute atomic E-state index is 0.0857. The Morgan fingerprint density at radius 1 is 0.893 bits per heavy atom. The fourth-order valence-electron chi connectivity index (χ4n) is 8.19. The van der Waals surface area contributed by atoms with E-state index >= 15 is 0 Å². The van der Waals surface area contributed by atoms with Crippen LogP contribution < -0.4 is 0 Å². The zero-order valence-corrected chi connectivity index (χ0v) is 16.3. The molecule has 5 fully saturated rings. The smallest absolute Gasteiger partial charge is 0.262 e. The van der Waals surface area contributed by atoms with Crippen molar-refractivity contribution in [3.05, 3.63) is 35.4 Å². The van der Waals surface area contributed by atoms with E-state index in [1.807, 2.05) is 12.1 Å². The van der Waals surface area contributed by atoms with E-state index < -0.39 is 0 Å². The summed E-state index contributed by atoms with van der Waals surface area (Å²) < 4.78 is 0. The molecule has 5 saturated carbocycles. The van der Waals surface area contributed by atoms with Crippen LogP contribution in [0.25, 0.3) is 0 Å². The van der Waals surface area contributed by atoms with Crippen molar-refractivity contribution >= 4 is 17.6 Å². The van der Waals surface area contributed by atoms with Gasteiger partial charge in [-0.25, -0.2) is 0 Å². The van der Waals surface area contributed by atoms with Crippen LogP contribution in [0.3, 0.4) is 0 Å². The third-order valence-corrected chi connectivity index (χ3v) is 8.69. The van der Waals surface area contributed by atoms with Crippen LogP contribution >= 0.6 is 0 Å². The number of carbonyl (C=O) groups excluding carboxylic acids is 3.